The summed E-state index contributed by atoms with van der Waals surface area (Å²) in [5.74, 6) is 2.96. The van der Waals surface area contributed by atoms with Crippen molar-refractivity contribution in [3.8, 4) is 0 Å². The summed E-state index contributed by atoms with van der Waals surface area (Å²) in [5, 5.41) is 0. The summed E-state index contributed by atoms with van der Waals surface area (Å²) in [6, 6.07) is 0. The third-order valence-electron chi connectivity index (χ3n) is 2.86. The van der Waals surface area contributed by atoms with Crippen molar-refractivity contribution in [3.05, 3.63) is 0 Å². The van der Waals surface area contributed by atoms with Gasteiger partial charge in [0.2, 0.25) is 0 Å². The molecule has 3 atom stereocenters. The van der Waals surface area contributed by atoms with Crippen molar-refractivity contribution in [1.82, 2.24) is 0 Å². The smallest absolute Gasteiger partial charge is 0.0414 e. The van der Waals surface area contributed by atoms with Crippen LogP contribution in [0.2, 0.25) is 0 Å². The number of hydrogen-bond donors (Lipinski definition) is 0. The van der Waals surface area contributed by atoms with E-state index in [1.165, 1.54) is 19.3 Å². The van der Waals surface area contributed by atoms with E-state index in [9.17, 15) is 0 Å². The minimum atomic E-state index is 0.980. The fourth-order valence-electron chi connectivity index (χ4n) is 1.82. The lowest BCUT2D eigenvalue weighted by molar-refractivity contribution is 0.220. The zero-order valence-corrected chi connectivity index (χ0v) is 6.85. The van der Waals surface area contributed by atoms with E-state index < -0.39 is 0 Å². The van der Waals surface area contributed by atoms with Gasteiger partial charge in [0.05, 0.1) is 0 Å². The van der Waals surface area contributed by atoms with Crippen molar-refractivity contribution in [2.75, 3.05) is 0 Å². The molecule has 0 bridgehead atoms. The van der Waals surface area contributed by atoms with Crippen LogP contribution in [0.5, 0.6) is 0 Å². The molecule has 1 rings (SSSR count). The third kappa shape index (κ3) is 1.70. The van der Waals surface area contributed by atoms with Gasteiger partial charge in [-0.2, -0.15) is 0 Å². The summed E-state index contributed by atoms with van der Waals surface area (Å²) in [7, 11) is 0. The monoisotopic (exact) mass is 126 g/mol. The molecular weight excluding hydrogens is 108 g/mol. The Labute approximate surface area is 58.7 Å². The summed E-state index contributed by atoms with van der Waals surface area (Å²) in [6.07, 6.45) is 4.38. The van der Waals surface area contributed by atoms with Crippen LogP contribution in [0.1, 0.15) is 40.0 Å². The van der Waals surface area contributed by atoms with Crippen LogP contribution in [-0.4, -0.2) is 0 Å². The van der Waals surface area contributed by atoms with Gasteiger partial charge in [0.25, 0.3) is 0 Å². The molecule has 1 fully saturated rings. The molecule has 0 aromatic heterocycles. The van der Waals surface area contributed by atoms with Gasteiger partial charge in [-0.05, 0) is 24.2 Å². The van der Waals surface area contributed by atoms with E-state index in [0.29, 0.717) is 0 Å². The Balaban J connectivity index is 2.35. The van der Waals surface area contributed by atoms with Crippen LogP contribution in [0, 0.1) is 17.8 Å². The maximum Gasteiger partial charge on any atom is -0.0414 e. The molecule has 0 aromatic carbocycles. The molecule has 0 radical (unpaired) electrons. The summed E-state index contributed by atoms with van der Waals surface area (Å²) in [5.41, 5.74) is 0. The Bertz CT molecular complexity index is 86.0. The van der Waals surface area contributed by atoms with Gasteiger partial charge in [-0.3, -0.25) is 0 Å². The minimum Gasteiger partial charge on any atom is -0.0625 e. The molecule has 0 heteroatoms. The topological polar surface area (TPSA) is 0 Å². The first-order valence-electron chi connectivity index (χ1n) is 4.20. The van der Waals surface area contributed by atoms with E-state index >= 15 is 0 Å². The molecule has 9 heavy (non-hydrogen) atoms. The highest BCUT2D eigenvalue weighted by Crippen LogP contribution is 2.32. The van der Waals surface area contributed by atoms with E-state index in [2.05, 4.69) is 20.8 Å². The molecule has 54 valence electrons. The number of hydrogen-bond acceptors (Lipinski definition) is 0. The SMILES string of the molecule is CC1C[C@@H](C)CC[C@@H]1C. The van der Waals surface area contributed by atoms with Gasteiger partial charge < -0.3 is 0 Å². The van der Waals surface area contributed by atoms with Crippen LogP contribution in [0.3, 0.4) is 0 Å². The fraction of sp³-hybridized carbons (Fsp3) is 1.00. The highest BCUT2D eigenvalue weighted by molar-refractivity contribution is 4.72. The van der Waals surface area contributed by atoms with Gasteiger partial charge in [-0.15, -0.1) is 0 Å². The lowest BCUT2D eigenvalue weighted by Gasteiger charge is -2.29. The largest absolute Gasteiger partial charge is 0.0625 e. The molecule has 0 nitrogen and oxygen atoms in total. The van der Waals surface area contributed by atoms with E-state index in [1.54, 1.807) is 0 Å². The Morgan fingerprint density at radius 3 is 2.00 bits per heavy atom. The van der Waals surface area contributed by atoms with Gasteiger partial charge in [-0.1, -0.05) is 33.6 Å². The summed E-state index contributed by atoms with van der Waals surface area (Å²) >= 11 is 0. The summed E-state index contributed by atoms with van der Waals surface area (Å²) in [6.45, 7) is 7.15. The van der Waals surface area contributed by atoms with E-state index in [-0.39, 0.29) is 0 Å². The van der Waals surface area contributed by atoms with Crippen molar-refractivity contribution in [3.63, 3.8) is 0 Å². The molecule has 0 spiro atoms. The average molecular weight is 126 g/mol. The predicted molar refractivity (Wildman–Crippen MR) is 41.3 cm³/mol. The maximum absolute atomic E-state index is 2.39. The van der Waals surface area contributed by atoms with Crippen LogP contribution in [0.25, 0.3) is 0 Å². The van der Waals surface area contributed by atoms with Crippen LogP contribution >= 0.6 is 0 Å². The summed E-state index contributed by atoms with van der Waals surface area (Å²) < 4.78 is 0. The Morgan fingerprint density at radius 1 is 0.889 bits per heavy atom. The van der Waals surface area contributed by atoms with Crippen LogP contribution in [0.4, 0.5) is 0 Å². The quantitative estimate of drug-likeness (QED) is 0.468. The first kappa shape index (κ1) is 7.11. The van der Waals surface area contributed by atoms with Crippen molar-refractivity contribution in [2.45, 2.75) is 40.0 Å². The lowest BCUT2D eigenvalue weighted by Crippen LogP contribution is -2.18. The normalized spacial score (nSPS) is 45.0. The average Bonchev–Trinajstić information content (AvgIpc) is 1.80. The van der Waals surface area contributed by atoms with E-state index in [0.717, 1.165) is 17.8 Å². The van der Waals surface area contributed by atoms with Crippen LogP contribution < -0.4 is 0 Å². The molecule has 0 saturated heterocycles. The molecule has 1 aliphatic rings. The molecule has 0 aliphatic heterocycles. The minimum absolute atomic E-state index is 0.980. The molecule has 0 N–H and O–H groups in total. The summed E-state index contributed by atoms with van der Waals surface area (Å²) in [4.78, 5) is 0. The molecule has 1 unspecified atom stereocenters. The van der Waals surface area contributed by atoms with Gasteiger partial charge >= 0.3 is 0 Å². The van der Waals surface area contributed by atoms with Gasteiger partial charge in [0.1, 0.15) is 0 Å². The first-order valence-corrected chi connectivity index (χ1v) is 4.20. The second-order valence-electron chi connectivity index (χ2n) is 3.87. The predicted octanol–water partition coefficient (Wildman–Crippen LogP) is 3.08. The fourth-order valence-corrected chi connectivity index (χ4v) is 1.82. The Hall–Kier alpha value is 0. The maximum atomic E-state index is 2.39. The zero-order chi connectivity index (χ0) is 6.85. The second kappa shape index (κ2) is 2.72. The van der Waals surface area contributed by atoms with E-state index in [4.69, 9.17) is 0 Å². The highest BCUT2D eigenvalue weighted by Gasteiger charge is 2.20. The van der Waals surface area contributed by atoms with Crippen molar-refractivity contribution in [2.24, 2.45) is 17.8 Å². The van der Waals surface area contributed by atoms with Gasteiger partial charge in [0, 0.05) is 0 Å². The van der Waals surface area contributed by atoms with Crippen LogP contribution in [-0.2, 0) is 0 Å². The third-order valence-corrected chi connectivity index (χ3v) is 2.86. The Kier molecular flexibility index (Phi) is 2.15. The molecule has 1 saturated carbocycles. The second-order valence-corrected chi connectivity index (χ2v) is 3.87. The zero-order valence-electron chi connectivity index (χ0n) is 6.85. The standard InChI is InChI=1S/C9H18/c1-7-4-5-8(2)9(3)6-7/h7-9H,4-6H2,1-3H3/t7-,8-,9?/m0/s1. The van der Waals surface area contributed by atoms with Crippen molar-refractivity contribution in [1.29, 1.82) is 0 Å². The highest BCUT2D eigenvalue weighted by atomic mass is 14.3. The molecule has 0 amide bonds. The molecule has 1 aliphatic carbocycles. The molecule has 0 aromatic rings. The lowest BCUT2D eigenvalue weighted by atomic mass is 9.77. The number of rotatable bonds is 0. The first-order chi connectivity index (χ1) is 4.20. The van der Waals surface area contributed by atoms with Crippen molar-refractivity contribution >= 4 is 0 Å². The van der Waals surface area contributed by atoms with Gasteiger partial charge in [-0.25, -0.2) is 0 Å². The van der Waals surface area contributed by atoms with Crippen LogP contribution in [0.15, 0.2) is 0 Å². The van der Waals surface area contributed by atoms with Gasteiger partial charge in [0.15, 0.2) is 0 Å². The Morgan fingerprint density at radius 2 is 1.56 bits per heavy atom. The molecule has 0 heterocycles. The van der Waals surface area contributed by atoms with Crippen molar-refractivity contribution < 1.29 is 0 Å². The van der Waals surface area contributed by atoms with E-state index in [1.807, 2.05) is 0 Å². The molecular formula is C9H18.